The Hall–Kier alpha value is -0.340. The van der Waals surface area contributed by atoms with E-state index in [1.807, 2.05) is 7.05 Å². The SMILES string of the molecule is CCCC(NC)c1ccsc1. The summed E-state index contributed by atoms with van der Waals surface area (Å²) in [7, 11) is 2.03. The fraction of sp³-hybridized carbons (Fsp3) is 0.556. The molecule has 11 heavy (non-hydrogen) atoms. The topological polar surface area (TPSA) is 12.0 Å². The number of nitrogens with one attached hydrogen (secondary N) is 1. The van der Waals surface area contributed by atoms with Gasteiger partial charge in [-0.1, -0.05) is 13.3 Å². The second kappa shape index (κ2) is 4.52. The van der Waals surface area contributed by atoms with E-state index in [2.05, 4.69) is 29.1 Å². The maximum absolute atomic E-state index is 3.31. The van der Waals surface area contributed by atoms with Crippen molar-refractivity contribution in [3.8, 4) is 0 Å². The zero-order valence-corrected chi connectivity index (χ0v) is 7.95. The van der Waals surface area contributed by atoms with Gasteiger partial charge in [-0.2, -0.15) is 11.3 Å². The van der Waals surface area contributed by atoms with Gasteiger partial charge in [-0.15, -0.1) is 0 Å². The van der Waals surface area contributed by atoms with Gasteiger partial charge >= 0.3 is 0 Å². The van der Waals surface area contributed by atoms with E-state index in [1.165, 1.54) is 18.4 Å². The van der Waals surface area contributed by atoms with Crippen molar-refractivity contribution in [3.63, 3.8) is 0 Å². The molecule has 1 aromatic rings. The van der Waals surface area contributed by atoms with Crippen LogP contribution in [0.1, 0.15) is 31.4 Å². The number of rotatable bonds is 4. The number of thiophene rings is 1. The summed E-state index contributed by atoms with van der Waals surface area (Å²) in [5.74, 6) is 0. The zero-order valence-electron chi connectivity index (χ0n) is 7.13. The van der Waals surface area contributed by atoms with Crippen LogP contribution in [0.15, 0.2) is 16.8 Å². The third-order valence-electron chi connectivity index (χ3n) is 1.87. The maximum Gasteiger partial charge on any atom is 0.0325 e. The molecule has 0 aliphatic heterocycles. The van der Waals surface area contributed by atoms with Gasteiger partial charge in [-0.3, -0.25) is 0 Å². The highest BCUT2D eigenvalue weighted by Gasteiger charge is 2.06. The van der Waals surface area contributed by atoms with Crippen molar-refractivity contribution in [1.29, 1.82) is 0 Å². The molecule has 1 rings (SSSR count). The van der Waals surface area contributed by atoms with Crippen molar-refractivity contribution in [1.82, 2.24) is 5.32 Å². The van der Waals surface area contributed by atoms with Crippen LogP contribution in [0.3, 0.4) is 0 Å². The fourth-order valence-electron chi connectivity index (χ4n) is 1.24. The summed E-state index contributed by atoms with van der Waals surface area (Å²) in [6.07, 6.45) is 2.47. The van der Waals surface area contributed by atoms with Crippen molar-refractivity contribution in [3.05, 3.63) is 22.4 Å². The second-order valence-electron chi connectivity index (χ2n) is 2.69. The van der Waals surface area contributed by atoms with Crippen molar-refractivity contribution in [2.24, 2.45) is 0 Å². The Kier molecular flexibility index (Phi) is 3.60. The molecule has 1 aromatic heterocycles. The minimum absolute atomic E-state index is 0.561. The van der Waals surface area contributed by atoms with Crippen molar-refractivity contribution in [2.75, 3.05) is 7.05 Å². The molecule has 0 spiro atoms. The van der Waals surface area contributed by atoms with Gasteiger partial charge in [0.15, 0.2) is 0 Å². The van der Waals surface area contributed by atoms with Crippen LogP contribution in [0.4, 0.5) is 0 Å². The molecule has 0 radical (unpaired) electrons. The molecular weight excluding hydrogens is 154 g/mol. The van der Waals surface area contributed by atoms with E-state index < -0.39 is 0 Å². The summed E-state index contributed by atoms with van der Waals surface area (Å²) >= 11 is 1.77. The minimum atomic E-state index is 0.561. The first kappa shape index (κ1) is 8.75. The van der Waals surface area contributed by atoms with Crippen molar-refractivity contribution >= 4 is 11.3 Å². The van der Waals surface area contributed by atoms with E-state index in [1.54, 1.807) is 11.3 Å². The summed E-state index contributed by atoms with van der Waals surface area (Å²) in [4.78, 5) is 0. The molecular formula is C9H15NS. The van der Waals surface area contributed by atoms with Gasteiger partial charge in [0, 0.05) is 6.04 Å². The Morgan fingerprint density at radius 1 is 1.64 bits per heavy atom. The van der Waals surface area contributed by atoms with Gasteiger partial charge in [-0.25, -0.2) is 0 Å². The lowest BCUT2D eigenvalue weighted by atomic mass is 10.1. The minimum Gasteiger partial charge on any atom is -0.313 e. The molecule has 0 aromatic carbocycles. The Labute approximate surface area is 72.4 Å². The summed E-state index contributed by atoms with van der Waals surface area (Å²) in [5, 5.41) is 7.67. The van der Waals surface area contributed by atoms with E-state index in [0.717, 1.165) is 0 Å². The average Bonchev–Trinajstić information content (AvgIpc) is 2.52. The largest absolute Gasteiger partial charge is 0.313 e. The standard InChI is InChI=1S/C9H15NS/c1-3-4-9(10-2)8-5-6-11-7-8/h5-7,9-10H,3-4H2,1-2H3. The van der Waals surface area contributed by atoms with Crippen LogP contribution in [0, 0.1) is 0 Å². The lowest BCUT2D eigenvalue weighted by molar-refractivity contribution is 0.543. The third-order valence-corrected chi connectivity index (χ3v) is 2.57. The highest BCUT2D eigenvalue weighted by Crippen LogP contribution is 2.19. The van der Waals surface area contributed by atoms with Crippen molar-refractivity contribution in [2.45, 2.75) is 25.8 Å². The Morgan fingerprint density at radius 3 is 2.91 bits per heavy atom. The van der Waals surface area contributed by atoms with Crippen LogP contribution < -0.4 is 5.32 Å². The number of hydrogen-bond donors (Lipinski definition) is 1. The lowest BCUT2D eigenvalue weighted by Crippen LogP contribution is -2.14. The monoisotopic (exact) mass is 169 g/mol. The zero-order chi connectivity index (χ0) is 8.10. The molecule has 0 saturated heterocycles. The van der Waals surface area contributed by atoms with E-state index in [0.29, 0.717) is 6.04 Å². The molecule has 2 heteroatoms. The Bertz CT molecular complexity index is 181. The third kappa shape index (κ3) is 2.31. The van der Waals surface area contributed by atoms with Gasteiger partial charge < -0.3 is 5.32 Å². The molecule has 0 saturated carbocycles. The molecule has 0 aliphatic rings. The van der Waals surface area contributed by atoms with Gasteiger partial charge in [0.2, 0.25) is 0 Å². The summed E-state index contributed by atoms with van der Waals surface area (Å²) < 4.78 is 0. The fourth-order valence-corrected chi connectivity index (χ4v) is 1.95. The lowest BCUT2D eigenvalue weighted by Gasteiger charge is -2.12. The highest BCUT2D eigenvalue weighted by atomic mass is 32.1. The van der Waals surface area contributed by atoms with Crippen LogP contribution in [-0.2, 0) is 0 Å². The Balaban J connectivity index is 2.56. The first-order chi connectivity index (χ1) is 5.38. The van der Waals surface area contributed by atoms with E-state index in [9.17, 15) is 0 Å². The van der Waals surface area contributed by atoms with Gasteiger partial charge in [0.1, 0.15) is 0 Å². The predicted octanol–water partition coefficient (Wildman–Crippen LogP) is 2.81. The molecule has 1 atom stereocenters. The van der Waals surface area contributed by atoms with Gasteiger partial charge in [-0.05, 0) is 35.9 Å². The molecule has 1 nitrogen and oxygen atoms in total. The highest BCUT2D eigenvalue weighted by molar-refractivity contribution is 7.07. The summed E-state index contributed by atoms with van der Waals surface area (Å²) in [6.45, 7) is 2.22. The molecule has 1 unspecified atom stereocenters. The first-order valence-corrected chi connectivity index (χ1v) is 5.02. The Morgan fingerprint density at radius 2 is 2.45 bits per heavy atom. The van der Waals surface area contributed by atoms with Gasteiger partial charge in [0.05, 0.1) is 0 Å². The molecule has 0 amide bonds. The summed E-state index contributed by atoms with van der Waals surface area (Å²) in [6, 6.07) is 2.76. The first-order valence-electron chi connectivity index (χ1n) is 4.07. The van der Waals surface area contributed by atoms with Crippen molar-refractivity contribution < 1.29 is 0 Å². The maximum atomic E-state index is 3.31. The van der Waals surface area contributed by atoms with Crippen LogP contribution >= 0.6 is 11.3 Å². The number of hydrogen-bond acceptors (Lipinski definition) is 2. The van der Waals surface area contributed by atoms with Crippen LogP contribution in [-0.4, -0.2) is 7.05 Å². The summed E-state index contributed by atoms with van der Waals surface area (Å²) in [5.41, 5.74) is 1.43. The normalized spacial score (nSPS) is 13.3. The predicted molar refractivity (Wildman–Crippen MR) is 51.0 cm³/mol. The smallest absolute Gasteiger partial charge is 0.0325 e. The van der Waals surface area contributed by atoms with Crippen LogP contribution in [0.25, 0.3) is 0 Å². The van der Waals surface area contributed by atoms with Gasteiger partial charge in [0.25, 0.3) is 0 Å². The molecule has 1 N–H and O–H groups in total. The molecule has 0 bridgehead atoms. The molecule has 0 aliphatic carbocycles. The van der Waals surface area contributed by atoms with E-state index in [4.69, 9.17) is 0 Å². The quantitative estimate of drug-likeness (QED) is 0.731. The van der Waals surface area contributed by atoms with E-state index in [-0.39, 0.29) is 0 Å². The second-order valence-corrected chi connectivity index (χ2v) is 3.47. The molecule has 62 valence electrons. The van der Waals surface area contributed by atoms with Crippen LogP contribution in [0.2, 0.25) is 0 Å². The average molecular weight is 169 g/mol. The molecule has 1 heterocycles. The van der Waals surface area contributed by atoms with Crippen LogP contribution in [0.5, 0.6) is 0 Å². The van der Waals surface area contributed by atoms with E-state index >= 15 is 0 Å². The molecule has 0 fully saturated rings.